The fraction of sp³-hybridized carbons (Fsp3) is 0.588. The summed E-state index contributed by atoms with van der Waals surface area (Å²) < 4.78 is 10.8. The highest BCUT2D eigenvalue weighted by atomic mass is 16.6. The molecule has 1 amide bonds. The summed E-state index contributed by atoms with van der Waals surface area (Å²) in [4.78, 5) is 14.2. The van der Waals surface area contributed by atoms with E-state index in [1.54, 1.807) is 7.11 Å². The molecule has 1 aliphatic heterocycles. The van der Waals surface area contributed by atoms with Crippen LogP contribution in [0, 0.1) is 0 Å². The van der Waals surface area contributed by atoms with Crippen LogP contribution in [0.15, 0.2) is 30.3 Å². The first kappa shape index (κ1) is 16.8. The maximum absolute atomic E-state index is 11.9. The Morgan fingerprint density at radius 1 is 1.27 bits per heavy atom. The second-order valence-corrected chi connectivity index (χ2v) is 6.71. The molecule has 1 aromatic rings. The second kappa shape index (κ2) is 7.11. The SMILES string of the molecule is CO[C@H]1CN(Cc2ccccc2)C[C@H]1NC(=O)OC(C)(C)C. The standard InChI is InChI=1S/C17H26N2O3/c1-17(2,3)22-16(20)18-14-11-19(12-15(14)21-4)10-13-8-6-5-7-9-13/h5-9,14-15H,10-12H2,1-4H3,(H,18,20)/t14-,15+/m1/s1. The number of nitrogens with one attached hydrogen (secondary N) is 1. The van der Waals surface area contributed by atoms with Crippen molar-refractivity contribution in [1.29, 1.82) is 0 Å². The van der Waals surface area contributed by atoms with Crippen LogP contribution in [0.4, 0.5) is 4.79 Å². The van der Waals surface area contributed by atoms with Gasteiger partial charge in [0.15, 0.2) is 0 Å². The number of methoxy groups -OCH3 is 1. The number of likely N-dealkylation sites (tertiary alicyclic amines) is 1. The molecule has 0 aliphatic carbocycles. The molecule has 0 spiro atoms. The van der Waals surface area contributed by atoms with Gasteiger partial charge in [-0.15, -0.1) is 0 Å². The molecular formula is C17H26N2O3. The third kappa shape index (κ3) is 5.00. The number of amides is 1. The van der Waals surface area contributed by atoms with E-state index < -0.39 is 5.60 Å². The van der Waals surface area contributed by atoms with E-state index in [4.69, 9.17) is 9.47 Å². The summed E-state index contributed by atoms with van der Waals surface area (Å²) in [6.45, 7) is 7.98. The lowest BCUT2D eigenvalue weighted by molar-refractivity contribution is 0.0415. The molecule has 5 nitrogen and oxygen atoms in total. The van der Waals surface area contributed by atoms with Gasteiger partial charge in [-0.3, -0.25) is 4.90 Å². The monoisotopic (exact) mass is 306 g/mol. The summed E-state index contributed by atoms with van der Waals surface area (Å²) >= 11 is 0. The molecule has 2 atom stereocenters. The summed E-state index contributed by atoms with van der Waals surface area (Å²) in [5.41, 5.74) is 0.768. The van der Waals surface area contributed by atoms with Crippen LogP contribution in [0.25, 0.3) is 0 Å². The van der Waals surface area contributed by atoms with Gasteiger partial charge in [0.05, 0.1) is 12.1 Å². The van der Waals surface area contributed by atoms with Gasteiger partial charge in [-0.2, -0.15) is 0 Å². The molecule has 1 aromatic carbocycles. The van der Waals surface area contributed by atoms with Crippen LogP contribution < -0.4 is 5.32 Å². The van der Waals surface area contributed by atoms with Crippen LogP contribution in [-0.2, 0) is 16.0 Å². The van der Waals surface area contributed by atoms with Gasteiger partial charge in [-0.1, -0.05) is 30.3 Å². The van der Waals surface area contributed by atoms with Crippen molar-refractivity contribution in [3.63, 3.8) is 0 Å². The third-order valence-corrected chi connectivity index (χ3v) is 3.60. The molecule has 0 saturated carbocycles. The van der Waals surface area contributed by atoms with Gasteiger partial charge < -0.3 is 14.8 Å². The van der Waals surface area contributed by atoms with Crippen molar-refractivity contribution in [2.24, 2.45) is 0 Å². The Balaban J connectivity index is 1.90. The largest absolute Gasteiger partial charge is 0.444 e. The second-order valence-electron chi connectivity index (χ2n) is 6.71. The molecule has 1 aliphatic rings. The number of carbonyl (C=O) groups excluding carboxylic acids is 1. The molecule has 0 unspecified atom stereocenters. The van der Waals surface area contributed by atoms with Crippen LogP contribution in [0.2, 0.25) is 0 Å². The highest BCUT2D eigenvalue weighted by Gasteiger charge is 2.34. The van der Waals surface area contributed by atoms with E-state index in [-0.39, 0.29) is 18.2 Å². The van der Waals surface area contributed by atoms with E-state index in [2.05, 4.69) is 22.3 Å². The molecule has 5 heteroatoms. The third-order valence-electron chi connectivity index (χ3n) is 3.60. The van der Waals surface area contributed by atoms with Gasteiger partial charge in [0.2, 0.25) is 0 Å². The first-order valence-corrected chi connectivity index (χ1v) is 7.66. The molecule has 1 heterocycles. The molecule has 122 valence electrons. The average Bonchev–Trinajstić information content (AvgIpc) is 2.79. The summed E-state index contributed by atoms with van der Waals surface area (Å²) in [6.07, 6.45) is -0.405. The molecule has 1 saturated heterocycles. The fourth-order valence-corrected chi connectivity index (χ4v) is 2.66. The van der Waals surface area contributed by atoms with Crippen LogP contribution in [0.3, 0.4) is 0 Å². The Labute approximate surface area is 132 Å². The average molecular weight is 306 g/mol. The highest BCUT2D eigenvalue weighted by Crippen LogP contribution is 2.17. The quantitative estimate of drug-likeness (QED) is 0.928. The number of hydrogen-bond donors (Lipinski definition) is 1. The van der Waals surface area contributed by atoms with Crippen molar-refractivity contribution < 1.29 is 14.3 Å². The van der Waals surface area contributed by atoms with E-state index in [0.717, 1.165) is 19.6 Å². The number of ether oxygens (including phenoxy) is 2. The smallest absolute Gasteiger partial charge is 0.408 e. The molecule has 0 aromatic heterocycles. The Bertz CT molecular complexity index is 484. The molecular weight excluding hydrogens is 280 g/mol. The molecule has 1 N–H and O–H groups in total. The minimum atomic E-state index is -0.491. The summed E-state index contributed by atoms with van der Waals surface area (Å²) in [7, 11) is 1.68. The van der Waals surface area contributed by atoms with Gasteiger partial charge in [-0.25, -0.2) is 4.79 Å². The number of nitrogens with zero attached hydrogens (tertiary/aromatic N) is 1. The predicted molar refractivity (Wildman–Crippen MR) is 85.7 cm³/mol. The first-order valence-electron chi connectivity index (χ1n) is 7.66. The minimum Gasteiger partial charge on any atom is -0.444 e. The van der Waals surface area contributed by atoms with Crippen molar-refractivity contribution in [2.45, 2.75) is 45.1 Å². The number of rotatable bonds is 4. The lowest BCUT2D eigenvalue weighted by Crippen LogP contribution is -2.45. The molecule has 2 rings (SSSR count). The van der Waals surface area contributed by atoms with Crippen LogP contribution >= 0.6 is 0 Å². The molecule has 0 bridgehead atoms. The lowest BCUT2D eigenvalue weighted by Gasteiger charge is -2.23. The van der Waals surface area contributed by atoms with Crippen molar-refractivity contribution in [2.75, 3.05) is 20.2 Å². The van der Waals surface area contributed by atoms with Gasteiger partial charge in [0, 0.05) is 26.7 Å². The number of benzene rings is 1. The topological polar surface area (TPSA) is 50.8 Å². The van der Waals surface area contributed by atoms with Crippen LogP contribution in [0.1, 0.15) is 26.3 Å². The van der Waals surface area contributed by atoms with Crippen molar-refractivity contribution in [3.8, 4) is 0 Å². The van der Waals surface area contributed by atoms with Gasteiger partial charge in [-0.05, 0) is 26.3 Å². The minimum absolute atomic E-state index is 0.0174. The summed E-state index contributed by atoms with van der Waals surface area (Å²) in [6, 6.07) is 10.2. The van der Waals surface area contributed by atoms with Crippen molar-refractivity contribution in [1.82, 2.24) is 10.2 Å². The maximum Gasteiger partial charge on any atom is 0.408 e. The van der Waals surface area contributed by atoms with Crippen LogP contribution in [0.5, 0.6) is 0 Å². The number of alkyl carbamates (subject to hydrolysis) is 1. The zero-order valence-electron chi connectivity index (χ0n) is 13.8. The highest BCUT2D eigenvalue weighted by molar-refractivity contribution is 5.68. The Morgan fingerprint density at radius 2 is 1.95 bits per heavy atom. The fourth-order valence-electron chi connectivity index (χ4n) is 2.66. The Hall–Kier alpha value is -1.59. The number of carbonyl (C=O) groups is 1. The predicted octanol–water partition coefficient (Wildman–Crippen LogP) is 2.41. The van der Waals surface area contributed by atoms with Gasteiger partial charge in [0.25, 0.3) is 0 Å². The van der Waals surface area contributed by atoms with Crippen LogP contribution in [-0.4, -0.2) is 48.9 Å². The molecule has 22 heavy (non-hydrogen) atoms. The lowest BCUT2D eigenvalue weighted by atomic mass is 10.2. The maximum atomic E-state index is 11.9. The molecule has 1 fully saturated rings. The van der Waals surface area contributed by atoms with E-state index in [1.807, 2.05) is 39.0 Å². The van der Waals surface area contributed by atoms with E-state index in [9.17, 15) is 4.79 Å². The van der Waals surface area contributed by atoms with Gasteiger partial charge in [0.1, 0.15) is 5.60 Å². The van der Waals surface area contributed by atoms with Crippen molar-refractivity contribution in [3.05, 3.63) is 35.9 Å². The van der Waals surface area contributed by atoms with Gasteiger partial charge >= 0.3 is 6.09 Å². The zero-order valence-corrected chi connectivity index (χ0v) is 13.8. The van der Waals surface area contributed by atoms with E-state index in [1.165, 1.54) is 5.56 Å². The molecule has 0 radical (unpaired) electrons. The van der Waals surface area contributed by atoms with E-state index >= 15 is 0 Å². The zero-order chi connectivity index (χ0) is 16.2. The van der Waals surface area contributed by atoms with E-state index in [0.29, 0.717) is 0 Å². The van der Waals surface area contributed by atoms with Crippen molar-refractivity contribution >= 4 is 6.09 Å². The summed E-state index contributed by atoms with van der Waals surface area (Å²) in [5, 5.41) is 2.92. The summed E-state index contributed by atoms with van der Waals surface area (Å²) in [5.74, 6) is 0. The first-order chi connectivity index (χ1) is 10.4. The Morgan fingerprint density at radius 3 is 2.55 bits per heavy atom. The normalized spacial score (nSPS) is 22.5. The number of hydrogen-bond acceptors (Lipinski definition) is 4. The Kier molecular flexibility index (Phi) is 5.42.